The lowest BCUT2D eigenvalue weighted by Crippen LogP contribution is -2.68. The molecule has 3 aliphatic rings. The van der Waals surface area contributed by atoms with Gasteiger partial charge in [-0.3, -0.25) is 4.90 Å². The van der Waals surface area contributed by atoms with Gasteiger partial charge in [0.2, 0.25) is 0 Å². The molecule has 3 aliphatic heterocycles. The van der Waals surface area contributed by atoms with Crippen molar-refractivity contribution in [2.45, 2.75) is 31.7 Å². The number of nitrogens with zero attached hydrogens (tertiary/aromatic N) is 5. The van der Waals surface area contributed by atoms with E-state index in [1.54, 1.807) is 10.7 Å². The summed E-state index contributed by atoms with van der Waals surface area (Å²) in [6, 6.07) is 14.4. The molecule has 3 aromatic rings. The molecule has 5 nitrogen and oxygen atoms in total. The second-order valence-electron chi connectivity index (χ2n) is 7.76. The predicted octanol–water partition coefficient (Wildman–Crippen LogP) is 2.82. The lowest BCUT2D eigenvalue weighted by Gasteiger charge is -2.56. The molecule has 0 saturated carbocycles. The van der Waals surface area contributed by atoms with Crippen LogP contribution in [-0.2, 0) is 6.32 Å². The van der Waals surface area contributed by atoms with Gasteiger partial charge in [0.25, 0.3) is 0 Å². The van der Waals surface area contributed by atoms with Crippen LogP contribution >= 0.6 is 0 Å². The first kappa shape index (κ1) is 17.3. The molecule has 0 spiro atoms. The van der Waals surface area contributed by atoms with E-state index in [4.69, 9.17) is 7.85 Å². The quantitative estimate of drug-likeness (QED) is 0.666. The number of piperidine rings is 1. The summed E-state index contributed by atoms with van der Waals surface area (Å²) in [6.07, 6.45) is 5.29. The van der Waals surface area contributed by atoms with Crippen LogP contribution in [0.5, 0.6) is 0 Å². The fraction of sp³-hybridized carbons (Fsp3) is 0.364. The van der Waals surface area contributed by atoms with Gasteiger partial charge in [0, 0.05) is 42.6 Å². The lowest BCUT2D eigenvalue weighted by atomic mass is 9.87. The molecule has 5 heterocycles. The Labute approximate surface area is 166 Å². The molecule has 0 N–H and O–H groups in total. The van der Waals surface area contributed by atoms with Crippen LogP contribution in [0.2, 0.25) is 0 Å². The minimum Gasteiger partial charge on any atom is -0.368 e. The maximum Gasteiger partial charge on any atom is 0.103 e. The average molecular weight is 367 g/mol. The maximum absolute atomic E-state index is 9.47. The number of benzene rings is 1. The molecule has 138 valence electrons. The zero-order valence-electron chi connectivity index (χ0n) is 16.0. The maximum atomic E-state index is 9.47. The predicted molar refractivity (Wildman–Crippen MR) is 112 cm³/mol. The van der Waals surface area contributed by atoms with E-state index in [0.717, 1.165) is 41.8 Å². The summed E-state index contributed by atoms with van der Waals surface area (Å²) in [4.78, 5) is 5.11. The van der Waals surface area contributed by atoms with Crippen LogP contribution in [0.1, 0.15) is 24.5 Å². The molecule has 0 aliphatic carbocycles. The van der Waals surface area contributed by atoms with Crippen molar-refractivity contribution < 1.29 is 0 Å². The van der Waals surface area contributed by atoms with Gasteiger partial charge in [0.15, 0.2) is 0 Å². The van der Waals surface area contributed by atoms with E-state index in [-0.39, 0.29) is 0 Å². The summed E-state index contributed by atoms with van der Waals surface area (Å²) in [6.45, 7) is 5.63. The van der Waals surface area contributed by atoms with Gasteiger partial charge < -0.3 is 4.90 Å². The number of likely N-dealkylation sites (N-methyl/N-ethyl adjacent to an activating group) is 1. The second-order valence-corrected chi connectivity index (χ2v) is 7.76. The Morgan fingerprint density at radius 1 is 1.21 bits per heavy atom. The normalized spacial score (nSPS) is 21.5. The Morgan fingerprint density at radius 3 is 2.61 bits per heavy atom. The molecule has 6 heteroatoms. The molecule has 2 radical (unpaired) electrons. The minimum absolute atomic E-state index is 0.438. The number of fused-ring (bicyclic) bond motifs is 3. The number of anilines is 1. The topological polar surface area (TPSA) is 47.6 Å². The Morgan fingerprint density at radius 2 is 1.96 bits per heavy atom. The zero-order chi connectivity index (χ0) is 19.3. The highest BCUT2D eigenvalue weighted by molar-refractivity contribution is 6.08. The molecule has 2 aromatic heterocycles. The molecule has 0 amide bonds. The van der Waals surface area contributed by atoms with Gasteiger partial charge in [0.05, 0.1) is 25.1 Å². The van der Waals surface area contributed by atoms with Crippen molar-refractivity contribution in [1.82, 2.24) is 14.5 Å². The van der Waals surface area contributed by atoms with Crippen LogP contribution in [0.25, 0.3) is 16.6 Å². The van der Waals surface area contributed by atoms with Crippen LogP contribution in [0.4, 0.5) is 5.69 Å². The zero-order valence-corrected chi connectivity index (χ0v) is 16.0. The molecule has 6 rings (SSSR count). The molecule has 3 fully saturated rings. The summed E-state index contributed by atoms with van der Waals surface area (Å²) < 4.78 is 1.77. The summed E-state index contributed by atoms with van der Waals surface area (Å²) >= 11 is 0. The number of rotatable bonds is 4. The summed E-state index contributed by atoms with van der Waals surface area (Å²) in [5.41, 5.74) is 5.77. The molecule has 28 heavy (non-hydrogen) atoms. The van der Waals surface area contributed by atoms with Gasteiger partial charge in [0.1, 0.15) is 6.07 Å². The van der Waals surface area contributed by atoms with Gasteiger partial charge in [-0.05, 0) is 42.3 Å². The van der Waals surface area contributed by atoms with Gasteiger partial charge in [-0.15, -0.1) is 0 Å². The molecule has 2 unspecified atom stereocenters. The summed E-state index contributed by atoms with van der Waals surface area (Å²) in [5, 5.41) is 13.8. The Kier molecular flexibility index (Phi) is 4.14. The third-order valence-corrected chi connectivity index (χ3v) is 6.28. The highest BCUT2D eigenvalue weighted by atomic mass is 15.4. The number of hydrogen-bond acceptors (Lipinski definition) is 4. The monoisotopic (exact) mass is 367 g/mol. The average Bonchev–Trinajstić information content (AvgIpc) is 3.16. The minimum atomic E-state index is 0.438. The van der Waals surface area contributed by atoms with Crippen molar-refractivity contribution in [1.29, 1.82) is 5.26 Å². The molecule has 2 bridgehead atoms. The van der Waals surface area contributed by atoms with E-state index in [0.29, 0.717) is 24.0 Å². The first-order valence-electron chi connectivity index (χ1n) is 9.93. The number of piperazine rings is 1. The highest BCUT2D eigenvalue weighted by Crippen LogP contribution is 2.35. The van der Waals surface area contributed by atoms with Crippen LogP contribution in [0.15, 0.2) is 42.7 Å². The standard InChI is InChI=1S/C22H22BN5/c1-2-27-19-8-20(27)14-26(13-19)18-5-3-16(4-6-18)21-7-15(9-23)12-28-22(21)17(10-24)11-25-28/h3-7,11-12,19-20H,2,8-9,13-14H2,1H3. The number of nitriles is 1. The van der Waals surface area contributed by atoms with E-state index in [2.05, 4.69) is 58.2 Å². The van der Waals surface area contributed by atoms with Crippen LogP contribution in [0.3, 0.4) is 0 Å². The van der Waals surface area contributed by atoms with Gasteiger partial charge in [-0.2, -0.15) is 10.4 Å². The van der Waals surface area contributed by atoms with Crippen molar-refractivity contribution >= 4 is 19.1 Å². The molecular formula is C22H22BN5. The Hall–Kier alpha value is -2.78. The van der Waals surface area contributed by atoms with E-state index in [9.17, 15) is 5.26 Å². The van der Waals surface area contributed by atoms with Crippen LogP contribution in [0, 0.1) is 11.3 Å². The molecule has 3 saturated heterocycles. The van der Waals surface area contributed by atoms with Crippen molar-refractivity contribution in [3.63, 3.8) is 0 Å². The first-order valence-corrected chi connectivity index (χ1v) is 9.93. The number of aromatic nitrogens is 2. The fourth-order valence-electron chi connectivity index (χ4n) is 4.86. The van der Waals surface area contributed by atoms with Crippen molar-refractivity contribution in [2.24, 2.45) is 0 Å². The third kappa shape index (κ3) is 2.62. The smallest absolute Gasteiger partial charge is 0.103 e. The van der Waals surface area contributed by atoms with E-state index in [1.165, 1.54) is 12.1 Å². The number of pyridine rings is 1. The van der Waals surface area contributed by atoms with Crippen LogP contribution in [-0.4, -0.2) is 54.1 Å². The summed E-state index contributed by atoms with van der Waals surface area (Å²) in [5.74, 6) is 0. The molecular weight excluding hydrogens is 345 g/mol. The SMILES string of the molecule is [B]Cc1cc(-c2ccc(N3CC4CC(C3)N4CC)cc2)c2c(C#N)cnn2c1. The summed E-state index contributed by atoms with van der Waals surface area (Å²) in [7, 11) is 5.87. The molecule has 1 aromatic carbocycles. The van der Waals surface area contributed by atoms with Crippen LogP contribution < -0.4 is 4.90 Å². The highest BCUT2D eigenvalue weighted by Gasteiger charge is 2.43. The van der Waals surface area contributed by atoms with Gasteiger partial charge in [-0.25, -0.2) is 4.52 Å². The van der Waals surface area contributed by atoms with E-state index >= 15 is 0 Å². The molecule has 2 atom stereocenters. The first-order chi connectivity index (χ1) is 13.7. The largest absolute Gasteiger partial charge is 0.368 e. The van der Waals surface area contributed by atoms with Crippen molar-refractivity contribution in [3.8, 4) is 17.2 Å². The van der Waals surface area contributed by atoms with E-state index < -0.39 is 0 Å². The van der Waals surface area contributed by atoms with Crippen molar-refractivity contribution in [3.05, 3.63) is 53.9 Å². The Balaban J connectivity index is 1.48. The second kappa shape index (κ2) is 6.68. The lowest BCUT2D eigenvalue weighted by molar-refractivity contribution is 0.00465. The fourth-order valence-corrected chi connectivity index (χ4v) is 4.86. The van der Waals surface area contributed by atoms with Gasteiger partial charge >= 0.3 is 0 Å². The van der Waals surface area contributed by atoms with Gasteiger partial charge in [-0.1, -0.05) is 25.4 Å². The number of hydrogen-bond donors (Lipinski definition) is 0. The Bertz CT molecular complexity index is 1050. The third-order valence-electron chi connectivity index (χ3n) is 6.28. The van der Waals surface area contributed by atoms with Crippen molar-refractivity contribution in [2.75, 3.05) is 24.5 Å². The van der Waals surface area contributed by atoms with E-state index in [1.807, 2.05) is 6.20 Å².